The van der Waals surface area contributed by atoms with Crippen LogP contribution in [-0.2, 0) is 6.54 Å². The lowest BCUT2D eigenvalue weighted by atomic mass is 10.2. The zero-order chi connectivity index (χ0) is 16.6. The van der Waals surface area contributed by atoms with Gasteiger partial charge in [0.15, 0.2) is 11.6 Å². The number of aliphatic hydroxyl groups excluding tert-OH is 1. The molecular weight excluding hydrogens is 308 g/mol. The van der Waals surface area contributed by atoms with Crippen LogP contribution >= 0.6 is 0 Å². The number of benzene rings is 2. The number of non-ortho nitro benzene ring substituents is 1. The van der Waals surface area contributed by atoms with E-state index in [0.717, 1.165) is 12.1 Å². The molecule has 0 radical (unpaired) electrons. The summed E-state index contributed by atoms with van der Waals surface area (Å²) in [5, 5.41) is 19.9. The molecule has 23 heavy (non-hydrogen) atoms. The maximum absolute atomic E-state index is 13.5. The number of imidazole rings is 1. The van der Waals surface area contributed by atoms with E-state index in [0.29, 0.717) is 16.9 Å². The quantitative estimate of drug-likeness (QED) is 0.592. The van der Waals surface area contributed by atoms with Gasteiger partial charge in [-0.2, -0.15) is 0 Å². The van der Waals surface area contributed by atoms with Crippen LogP contribution in [0.4, 0.5) is 14.5 Å². The zero-order valence-corrected chi connectivity index (χ0v) is 11.7. The molecule has 0 saturated carbocycles. The molecule has 6 nitrogen and oxygen atoms in total. The van der Waals surface area contributed by atoms with E-state index < -0.39 is 16.6 Å². The van der Waals surface area contributed by atoms with Crippen molar-refractivity contribution in [3.05, 3.63) is 58.1 Å². The van der Waals surface area contributed by atoms with Gasteiger partial charge in [0.1, 0.15) is 5.82 Å². The smallest absolute Gasteiger partial charge is 0.269 e. The molecule has 1 N–H and O–H groups in total. The van der Waals surface area contributed by atoms with E-state index in [4.69, 9.17) is 0 Å². The molecule has 0 saturated heterocycles. The van der Waals surface area contributed by atoms with Gasteiger partial charge in [0.05, 0.1) is 22.6 Å². The van der Waals surface area contributed by atoms with Crippen molar-refractivity contribution in [2.75, 3.05) is 6.61 Å². The molecule has 0 fully saturated rings. The van der Waals surface area contributed by atoms with Crippen molar-refractivity contribution in [3.8, 4) is 11.4 Å². The molecule has 0 aliphatic heterocycles. The van der Waals surface area contributed by atoms with Crippen LogP contribution in [0.25, 0.3) is 22.4 Å². The summed E-state index contributed by atoms with van der Waals surface area (Å²) in [6.07, 6.45) is 0. The Morgan fingerprint density at radius 3 is 2.43 bits per heavy atom. The van der Waals surface area contributed by atoms with Crippen molar-refractivity contribution in [1.29, 1.82) is 0 Å². The number of hydrogen-bond donors (Lipinski definition) is 1. The lowest BCUT2D eigenvalue weighted by molar-refractivity contribution is -0.384. The molecular formula is C15H11F2N3O3. The Labute approximate surface area is 128 Å². The highest BCUT2D eigenvalue weighted by Crippen LogP contribution is 2.27. The molecule has 3 aromatic rings. The molecule has 0 atom stereocenters. The molecule has 0 unspecified atom stereocenters. The third-order valence-electron chi connectivity index (χ3n) is 3.45. The lowest BCUT2D eigenvalue weighted by Crippen LogP contribution is -2.04. The summed E-state index contributed by atoms with van der Waals surface area (Å²) in [5.74, 6) is -1.65. The Balaban J connectivity index is 2.19. The first kappa shape index (κ1) is 15.0. The second-order valence-electron chi connectivity index (χ2n) is 4.87. The number of halogens is 2. The average Bonchev–Trinajstić information content (AvgIpc) is 2.86. The van der Waals surface area contributed by atoms with Crippen molar-refractivity contribution in [3.63, 3.8) is 0 Å². The van der Waals surface area contributed by atoms with E-state index in [-0.39, 0.29) is 24.4 Å². The van der Waals surface area contributed by atoms with Crippen LogP contribution in [0.2, 0.25) is 0 Å². The Kier molecular flexibility index (Phi) is 3.75. The van der Waals surface area contributed by atoms with Gasteiger partial charge in [-0.25, -0.2) is 13.8 Å². The van der Waals surface area contributed by atoms with Gasteiger partial charge in [-0.3, -0.25) is 10.1 Å². The topological polar surface area (TPSA) is 81.2 Å². The van der Waals surface area contributed by atoms with Crippen molar-refractivity contribution in [2.45, 2.75) is 6.54 Å². The van der Waals surface area contributed by atoms with Gasteiger partial charge in [-0.05, 0) is 12.1 Å². The molecule has 0 aliphatic carbocycles. The van der Waals surface area contributed by atoms with Crippen molar-refractivity contribution >= 4 is 16.7 Å². The molecule has 0 aliphatic rings. The summed E-state index contributed by atoms with van der Waals surface area (Å²) in [4.78, 5) is 14.4. The Morgan fingerprint density at radius 2 is 1.83 bits per heavy atom. The second kappa shape index (κ2) is 5.73. The minimum absolute atomic E-state index is 0.0735. The van der Waals surface area contributed by atoms with Gasteiger partial charge in [-0.1, -0.05) is 0 Å². The highest BCUT2D eigenvalue weighted by Gasteiger charge is 2.16. The molecule has 8 heteroatoms. The minimum atomic E-state index is -1.01. The van der Waals surface area contributed by atoms with Crippen LogP contribution in [0.5, 0.6) is 0 Å². The molecule has 1 aromatic heterocycles. The molecule has 0 amide bonds. The summed E-state index contributed by atoms with van der Waals surface area (Å²) < 4.78 is 28.4. The maximum atomic E-state index is 13.5. The molecule has 1 heterocycles. The SMILES string of the molecule is O=[N+]([O-])c1ccc(-c2nc3cc(F)c(F)cc3n2CCO)cc1. The standard InChI is InChI=1S/C15H11F2N3O3/c16-11-7-13-14(8-12(11)17)19(5-6-21)15(18-13)9-1-3-10(4-2-9)20(22)23/h1-4,7-8,21H,5-6H2. The maximum Gasteiger partial charge on any atom is 0.269 e. The predicted molar refractivity (Wildman–Crippen MR) is 78.8 cm³/mol. The lowest BCUT2D eigenvalue weighted by Gasteiger charge is -2.07. The number of nitro groups is 1. The summed E-state index contributed by atoms with van der Waals surface area (Å²) in [7, 11) is 0. The largest absolute Gasteiger partial charge is 0.395 e. The highest BCUT2D eigenvalue weighted by atomic mass is 19.2. The summed E-state index contributed by atoms with van der Waals surface area (Å²) in [5.41, 5.74) is 1.05. The normalized spacial score (nSPS) is 11.1. The Morgan fingerprint density at radius 1 is 1.17 bits per heavy atom. The van der Waals surface area contributed by atoms with Crippen LogP contribution in [-0.4, -0.2) is 26.2 Å². The van der Waals surface area contributed by atoms with Crippen LogP contribution < -0.4 is 0 Å². The molecule has 0 bridgehead atoms. The molecule has 3 rings (SSSR count). The minimum Gasteiger partial charge on any atom is -0.395 e. The molecule has 2 aromatic carbocycles. The molecule has 0 spiro atoms. The zero-order valence-electron chi connectivity index (χ0n) is 11.7. The van der Waals surface area contributed by atoms with E-state index in [1.165, 1.54) is 24.3 Å². The van der Waals surface area contributed by atoms with Gasteiger partial charge in [0.25, 0.3) is 5.69 Å². The fourth-order valence-corrected chi connectivity index (χ4v) is 2.40. The fraction of sp³-hybridized carbons (Fsp3) is 0.133. The van der Waals surface area contributed by atoms with E-state index in [9.17, 15) is 24.0 Å². The van der Waals surface area contributed by atoms with Crippen LogP contribution in [0.3, 0.4) is 0 Å². The predicted octanol–water partition coefficient (Wildman–Crippen LogP) is 2.88. The summed E-state index contributed by atoms with van der Waals surface area (Å²) >= 11 is 0. The number of nitro benzene ring substituents is 1. The Bertz CT molecular complexity index is 891. The van der Waals surface area contributed by atoms with Crippen molar-refractivity contribution in [2.24, 2.45) is 0 Å². The van der Waals surface area contributed by atoms with Crippen LogP contribution in [0, 0.1) is 21.7 Å². The van der Waals surface area contributed by atoms with Gasteiger partial charge < -0.3 is 9.67 Å². The highest BCUT2D eigenvalue weighted by molar-refractivity contribution is 5.81. The second-order valence-corrected chi connectivity index (χ2v) is 4.87. The first-order chi connectivity index (χ1) is 11.0. The van der Waals surface area contributed by atoms with Gasteiger partial charge in [0, 0.05) is 36.4 Å². The van der Waals surface area contributed by atoms with Gasteiger partial charge >= 0.3 is 0 Å². The third kappa shape index (κ3) is 2.64. The summed E-state index contributed by atoms with van der Waals surface area (Å²) in [6.45, 7) is -0.0850. The number of fused-ring (bicyclic) bond motifs is 1. The van der Waals surface area contributed by atoms with E-state index >= 15 is 0 Å². The van der Waals surface area contributed by atoms with Gasteiger partial charge in [0.2, 0.25) is 0 Å². The van der Waals surface area contributed by atoms with Crippen molar-refractivity contribution < 1.29 is 18.8 Å². The van der Waals surface area contributed by atoms with Crippen LogP contribution in [0.15, 0.2) is 36.4 Å². The third-order valence-corrected chi connectivity index (χ3v) is 3.45. The van der Waals surface area contributed by atoms with E-state index in [2.05, 4.69) is 4.98 Å². The average molecular weight is 319 g/mol. The number of rotatable bonds is 4. The number of nitrogens with zero attached hydrogens (tertiary/aromatic N) is 3. The number of aromatic nitrogens is 2. The summed E-state index contributed by atoms with van der Waals surface area (Å²) in [6, 6.07) is 7.63. The number of aliphatic hydroxyl groups is 1. The Hall–Kier alpha value is -2.87. The first-order valence-electron chi connectivity index (χ1n) is 6.72. The molecule has 118 valence electrons. The first-order valence-corrected chi connectivity index (χ1v) is 6.72. The van der Waals surface area contributed by atoms with Gasteiger partial charge in [-0.15, -0.1) is 0 Å². The monoisotopic (exact) mass is 319 g/mol. The van der Waals surface area contributed by atoms with E-state index in [1.807, 2.05) is 0 Å². The van der Waals surface area contributed by atoms with Crippen LogP contribution in [0.1, 0.15) is 0 Å². The van der Waals surface area contributed by atoms with E-state index in [1.54, 1.807) is 4.57 Å². The number of hydrogen-bond acceptors (Lipinski definition) is 4. The fourth-order valence-electron chi connectivity index (χ4n) is 2.40. The van der Waals surface area contributed by atoms with Crippen molar-refractivity contribution in [1.82, 2.24) is 9.55 Å².